The number of carbonyl (C=O) groups is 1. The number of rotatable bonds is 3. The summed E-state index contributed by atoms with van der Waals surface area (Å²) in [5.41, 5.74) is 2.42. The minimum Gasteiger partial charge on any atom is -0.399 e. The van der Waals surface area contributed by atoms with E-state index < -0.39 is 12.5 Å². The predicted molar refractivity (Wildman–Crippen MR) is 97.6 cm³/mol. The van der Waals surface area contributed by atoms with Crippen LogP contribution in [0.2, 0.25) is 0 Å². The van der Waals surface area contributed by atoms with Crippen LogP contribution in [0.5, 0.6) is 0 Å². The number of hydrogen-bond acceptors (Lipinski definition) is 3. The molecule has 1 amide bonds. The van der Waals surface area contributed by atoms with Gasteiger partial charge in [-0.05, 0) is 65.1 Å². The molecule has 0 bridgehead atoms. The van der Waals surface area contributed by atoms with Crippen LogP contribution in [-0.4, -0.2) is 24.2 Å². The molecule has 1 atom stereocenters. The van der Waals surface area contributed by atoms with Gasteiger partial charge in [0.1, 0.15) is 0 Å². The van der Waals surface area contributed by atoms with Gasteiger partial charge in [0.15, 0.2) is 0 Å². The van der Waals surface area contributed by atoms with Gasteiger partial charge in [-0.2, -0.15) is 0 Å². The maximum absolute atomic E-state index is 12.5. The van der Waals surface area contributed by atoms with E-state index in [-0.39, 0.29) is 17.1 Å². The van der Waals surface area contributed by atoms with Crippen LogP contribution in [0.3, 0.4) is 0 Å². The Bertz CT molecular complexity index is 709. The molecule has 3 rings (SSSR count). The second-order valence-corrected chi connectivity index (χ2v) is 8.31. The Labute approximate surface area is 144 Å². The van der Waals surface area contributed by atoms with E-state index in [1.54, 1.807) is 0 Å². The van der Waals surface area contributed by atoms with E-state index >= 15 is 0 Å². The van der Waals surface area contributed by atoms with Gasteiger partial charge in [-0.15, -0.1) is 6.58 Å². The monoisotopic (exact) mass is 327 g/mol. The maximum atomic E-state index is 12.5. The third-order valence-electron chi connectivity index (χ3n) is 5.57. The third kappa shape index (κ3) is 2.51. The van der Waals surface area contributed by atoms with Crippen molar-refractivity contribution >= 4 is 24.2 Å². The first-order valence-electron chi connectivity index (χ1n) is 8.42. The Morgan fingerprint density at radius 3 is 2.29 bits per heavy atom. The first-order chi connectivity index (χ1) is 11.0. The molecule has 0 spiro atoms. The highest BCUT2D eigenvalue weighted by atomic mass is 16.7. The second-order valence-electron chi connectivity index (χ2n) is 8.31. The Balaban J connectivity index is 1.99. The van der Waals surface area contributed by atoms with Crippen LogP contribution in [0.25, 0.3) is 0 Å². The molecule has 1 fully saturated rings. The number of carbonyl (C=O) groups excluding carboxylic acids is 1. The van der Waals surface area contributed by atoms with Gasteiger partial charge < -0.3 is 14.6 Å². The smallest absolute Gasteiger partial charge is 0.399 e. The molecule has 2 aliphatic heterocycles. The summed E-state index contributed by atoms with van der Waals surface area (Å²) in [6.45, 7) is 16.1. The van der Waals surface area contributed by atoms with Crippen molar-refractivity contribution in [3.63, 3.8) is 0 Å². The first-order valence-corrected chi connectivity index (χ1v) is 8.42. The molecule has 128 valence electrons. The van der Waals surface area contributed by atoms with Crippen molar-refractivity contribution in [3.8, 4) is 0 Å². The highest BCUT2D eigenvalue weighted by Crippen LogP contribution is 2.42. The quantitative estimate of drug-likeness (QED) is 0.685. The molecule has 0 radical (unpaired) electrons. The number of hydrogen-bond donors (Lipinski definition) is 1. The second kappa shape index (κ2) is 5.20. The summed E-state index contributed by atoms with van der Waals surface area (Å²) >= 11 is 0. The van der Waals surface area contributed by atoms with E-state index in [0.717, 1.165) is 22.3 Å². The molecule has 1 N–H and O–H groups in total. The molecule has 24 heavy (non-hydrogen) atoms. The molecular weight excluding hydrogens is 301 g/mol. The first kappa shape index (κ1) is 17.2. The summed E-state index contributed by atoms with van der Waals surface area (Å²) < 4.78 is 12.3. The number of amides is 1. The van der Waals surface area contributed by atoms with Gasteiger partial charge in [0.2, 0.25) is 5.91 Å². The van der Waals surface area contributed by atoms with E-state index in [2.05, 4.69) is 11.9 Å². The van der Waals surface area contributed by atoms with Crippen LogP contribution < -0.4 is 10.8 Å². The largest absolute Gasteiger partial charge is 0.494 e. The molecule has 1 aromatic carbocycles. The van der Waals surface area contributed by atoms with E-state index in [4.69, 9.17) is 9.31 Å². The summed E-state index contributed by atoms with van der Waals surface area (Å²) in [6, 6.07) is 5.95. The van der Waals surface area contributed by atoms with Gasteiger partial charge in [0, 0.05) is 5.69 Å². The summed E-state index contributed by atoms with van der Waals surface area (Å²) in [5.74, 6) is 0.0200. The fraction of sp³-hybridized carbons (Fsp3) is 0.526. The Hall–Kier alpha value is -1.59. The minimum atomic E-state index is -0.596. The zero-order valence-corrected chi connectivity index (χ0v) is 15.4. The van der Waals surface area contributed by atoms with Gasteiger partial charge in [0.05, 0.1) is 16.6 Å². The maximum Gasteiger partial charge on any atom is 0.494 e. The number of anilines is 1. The van der Waals surface area contributed by atoms with Crippen molar-refractivity contribution in [2.75, 3.05) is 5.32 Å². The minimum absolute atomic E-state index is 0.0200. The van der Waals surface area contributed by atoms with Crippen molar-refractivity contribution in [1.82, 2.24) is 0 Å². The molecule has 1 aromatic rings. The van der Waals surface area contributed by atoms with E-state index in [9.17, 15) is 4.79 Å². The van der Waals surface area contributed by atoms with Crippen molar-refractivity contribution in [1.29, 1.82) is 0 Å². The number of fused-ring (bicyclic) bond motifs is 1. The van der Waals surface area contributed by atoms with Gasteiger partial charge in [-0.1, -0.05) is 17.7 Å². The predicted octanol–water partition coefficient (Wildman–Crippen LogP) is 3.16. The fourth-order valence-electron chi connectivity index (χ4n) is 3.41. The molecule has 2 heterocycles. The van der Waals surface area contributed by atoms with Crippen LogP contribution in [0.4, 0.5) is 5.69 Å². The average molecular weight is 327 g/mol. The molecule has 4 nitrogen and oxygen atoms in total. The normalized spacial score (nSPS) is 27.1. The molecule has 1 saturated heterocycles. The van der Waals surface area contributed by atoms with Gasteiger partial charge in [0.25, 0.3) is 0 Å². The lowest BCUT2D eigenvalue weighted by Crippen LogP contribution is -2.41. The fourth-order valence-corrected chi connectivity index (χ4v) is 3.41. The molecule has 5 heteroatoms. The highest BCUT2D eigenvalue weighted by molar-refractivity contribution is 6.62. The zero-order valence-electron chi connectivity index (χ0n) is 15.4. The molecular formula is C19H26BNO3. The molecule has 0 aromatic heterocycles. The Morgan fingerprint density at radius 2 is 1.75 bits per heavy atom. The van der Waals surface area contributed by atoms with Gasteiger partial charge in [-0.3, -0.25) is 4.79 Å². The molecule has 2 aliphatic rings. The Kier molecular flexibility index (Phi) is 3.74. The van der Waals surface area contributed by atoms with Crippen LogP contribution in [0.1, 0.15) is 53.5 Å². The Morgan fingerprint density at radius 1 is 1.17 bits per heavy atom. The lowest BCUT2D eigenvalue weighted by molar-refractivity contribution is -0.120. The molecule has 0 saturated carbocycles. The van der Waals surface area contributed by atoms with Crippen molar-refractivity contribution in [2.24, 2.45) is 0 Å². The van der Waals surface area contributed by atoms with E-state index in [1.807, 2.05) is 59.7 Å². The lowest BCUT2D eigenvalue weighted by atomic mass is 9.73. The average Bonchev–Trinajstić information content (AvgIpc) is 2.80. The third-order valence-corrected chi connectivity index (χ3v) is 5.57. The summed E-state index contributed by atoms with van der Waals surface area (Å²) in [5, 5.41) is 2.98. The SMILES string of the molecule is C=C(C)CC1(C)C(=O)Nc2ccc(B3OC(C)(C)C(C)(C)O3)cc21. The van der Waals surface area contributed by atoms with E-state index in [0.29, 0.717) is 6.42 Å². The van der Waals surface area contributed by atoms with Crippen LogP contribution >= 0.6 is 0 Å². The highest BCUT2D eigenvalue weighted by Gasteiger charge is 2.52. The lowest BCUT2D eigenvalue weighted by Gasteiger charge is -2.32. The van der Waals surface area contributed by atoms with Gasteiger partial charge >= 0.3 is 7.12 Å². The molecule has 1 unspecified atom stereocenters. The topological polar surface area (TPSA) is 47.6 Å². The molecule has 0 aliphatic carbocycles. The number of allylic oxidation sites excluding steroid dienone is 1. The summed E-state index contributed by atoms with van der Waals surface area (Å²) in [6.07, 6.45) is 0.624. The van der Waals surface area contributed by atoms with Gasteiger partial charge in [-0.25, -0.2) is 0 Å². The van der Waals surface area contributed by atoms with Crippen LogP contribution in [-0.2, 0) is 19.5 Å². The van der Waals surface area contributed by atoms with E-state index in [1.165, 1.54) is 0 Å². The number of benzene rings is 1. The number of nitrogens with one attached hydrogen (secondary N) is 1. The van der Waals surface area contributed by atoms with Crippen molar-refractivity contribution < 1.29 is 14.1 Å². The summed E-state index contributed by atoms with van der Waals surface area (Å²) in [7, 11) is -0.426. The van der Waals surface area contributed by atoms with Crippen molar-refractivity contribution in [3.05, 3.63) is 35.9 Å². The standard InChI is InChI=1S/C19H26BNO3/c1-12(2)11-19(7)14-10-13(8-9-15(14)21-16(19)22)20-23-17(3,4)18(5,6)24-20/h8-10H,1,11H2,2-7H3,(H,21,22). The van der Waals surface area contributed by atoms with Crippen molar-refractivity contribution in [2.45, 2.75) is 64.6 Å². The summed E-state index contributed by atoms with van der Waals surface area (Å²) in [4.78, 5) is 12.5. The zero-order chi connectivity index (χ0) is 17.9. The van der Waals surface area contributed by atoms with Crippen LogP contribution in [0.15, 0.2) is 30.4 Å². The van der Waals surface area contributed by atoms with Crippen LogP contribution in [0, 0.1) is 0 Å².